The lowest BCUT2D eigenvalue weighted by atomic mass is 10.2. The Morgan fingerprint density at radius 1 is 1.25 bits per heavy atom. The molecule has 3 aromatic rings. The molecule has 0 aliphatic carbocycles. The fourth-order valence-electron chi connectivity index (χ4n) is 1.98. The first-order valence-electron chi connectivity index (χ1n) is 5.79. The minimum absolute atomic E-state index is 0.00542. The largest absolute Gasteiger partial charge is 0.338 e. The molecule has 0 saturated heterocycles. The van der Waals surface area contributed by atoms with Crippen molar-refractivity contribution < 1.29 is 4.92 Å². The molecule has 0 fully saturated rings. The molecule has 2 N–H and O–H groups in total. The number of halogens is 1. The monoisotopic (exact) mass is 288 g/mol. The first kappa shape index (κ1) is 12.4. The number of nitro groups is 1. The van der Waals surface area contributed by atoms with Crippen LogP contribution in [0.15, 0.2) is 42.5 Å². The Bertz CT molecular complexity index is 800. The molecule has 0 spiro atoms. The molecule has 0 saturated carbocycles. The molecule has 7 heteroatoms. The van der Waals surface area contributed by atoms with Gasteiger partial charge in [0.05, 0.1) is 10.3 Å². The van der Waals surface area contributed by atoms with E-state index in [1.807, 2.05) is 12.1 Å². The number of fused-ring (bicyclic) bond motifs is 1. The second kappa shape index (κ2) is 4.82. The van der Waals surface area contributed by atoms with Crippen molar-refractivity contribution in [3.63, 3.8) is 0 Å². The minimum atomic E-state index is -0.441. The van der Waals surface area contributed by atoms with E-state index in [2.05, 4.69) is 15.5 Å². The number of benzene rings is 2. The number of nitrogens with one attached hydrogen (secondary N) is 2. The first-order valence-corrected chi connectivity index (χ1v) is 6.17. The van der Waals surface area contributed by atoms with Crippen molar-refractivity contribution in [1.29, 1.82) is 0 Å². The third-order valence-electron chi connectivity index (χ3n) is 2.86. The second-order valence-electron chi connectivity index (χ2n) is 4.16. The summed E-state index contributed by atoms with van der Waals surface area (Å²) in [6, 6.07) is 12.0. The third-order valence-corrected chi connectivity index (χ3v) is 3.10. The molecule has 3 rings (SSSR count). The lowest BCUT2D eigenvalue weighted by molar-refractivity contribution is -0.383. The summed E-state index contributed by atoms with van der Waals surface area (Å²) in [5.74, 6) is 0.519. The first-order chi connectivity index (χ1) is 9.65. The summed E-state index contributed by atoms with van der Waals surface area (Å²) in [6.45, 7) is 0. The lowest BCUT2D eigenvalue weighted by Gasteiger charge is -2.03. The van der Waals surface area contributed by atoms with Crippen molar-refractivity contribution in [1.82, 2.24) is 10.2 Å². The molecule has 20 heavy (non-hydrogen) atoms. The van der Waals surface area contributed by atoms with E-state index in [0.717, 1.165) is 5.69 Å². The number of hydrogen-bond donors (Lipinski definition) is 2. The smallest absolute Gasteiger partial charge is 0.294 e. The summed E-state index contributed by atoms with van der Waals surface area (Å²) in [6.07, 6.45) is 0. The van der Waals surface area contributed by atoms with E-state index in [9.17, 15) is 10.1 Å². The Kier molecular flexibility index (Phi) is 3.00. The van der Waals surface area contributed by atoms with Crippen LogP contribution in [0.3, 0.4) is 0 Å². The van der Waals surface area contributed by atoms with E-state index >= 15 is 0 Å². The number of nitro benzene ring substituents is 1. The van der Waals surface area contributed by atoms with Crippen LogP contribution >= 0.6 is 11.6 Å². The summed E-state index contributed by atoms with van der Waals surface area (Å²) in [7, 11) is 0. The SMILES string of the molecule is O=[N+]([O-])c1cccc2c(Nc3cccc(Cl)c3)n[nH]c12. The second-order valence-corrected chi connectivity index (χ2v) is 4.60. The zero-order valence-corrected chi connectivity index (χ0v) is 10.9. The average molecular weight is 289 g/mol. The van der Waals surface area contributed by atoms with Crippen LogP contribution in [0.25, 0.3) is 10.9 Å². The van der Waals surface area contributed by atoms with Gasteiger partial charge in [-0.1, -0.05) is 23.7 Å². The van der Waals surface area contributed by atoms with E-state index in [0.29, 0.717) is 21.7 Å². The molecule has 100 valence electrons. The summed E-state index contributed by atoms with van der Waals surface area (Å²) >= 11 is 5.91. The Hall–Kier alpha value is -2.60. The van der Waals surface area contributed by atoms with Crippen molar-refractivity contribution in [3.8, 4) is 0 Å². The molecule has 0 atom stereocenters. The van der Waals surface area contributed by atoms with E-state index < -0.39 is 4.92 Å². The maximum atomic E-state index is 10.9. The zero-order valence-electron chi connectivity index (χ0n) is 10.1. The molecule has 2 aromatic carbocycles. The molecule has 0 aliphatic heterocycles. The number of H-pyrrole nitrogens is 1. The average Bonchev–Trinajstić information content (AvgIpc) is 2.82. The van der Waals surface area contributed by atoms with Crippen LogP contribution in [-0.2, 0) is 0 Å². The molecule has 0 aliphatic rings. The van der Waals surface area contributed by atoms with E-state index in [1.54, 1.807) is 24.3 Å². The molecular formula is C13H9ClN4O2. The topological polar surface area (TPSA) is 83.8 Å². The fourth-order valence-corrected chi connectivity index (χ4v) is 2.17. The van der Waals surface area contributed by atoms with Crippen LogP contribution in [0, 0.1) is 10.1 Å². The predicted molar refractivity (Wildman–Crippen MR) is 77.5 cm³/mol. The standard InChI is InChI=1S/C13H9ClN4O2/c14-8-3-1-4-9(7-8)15-13-10-5-2-6-11(18(19)20)12(10)16-17-13/h1-7H,(H2,15,16,17). The van der Waals surface area contributed by atoms with Crippen LogP contribution in [0.4, 0.5) is 17.2 Å². The van der Waals surface area contributed by atoms with Gasteiger partial charge in [0, 0.05) is 16.8 Å². The molecule has 6 nitrogen and oxygen atoms in total. The normalized spacial score (nSPS) is 10.7. The van der Waals surface area contributed by atoms with Gasteiger partial charge in [-0.3, -0.25) is 15.2 Å². The highest BCUT2D eigenvalue weighted by Crippen LogP contribution is 2.30. The quantitative estimate of drug-likeness (QED) is 0.566. The third kappa shape index (κ3) is 2.17. The lowest BCUT2D eigenvalue weighted by Crippen LogP contribution is -1.91. The van der Waals surface area contributed by atoms with Crippen LogP contribution in [0.5, 0.6) is 0 Å². The summed E-state index contributed by atoms with van der Waals surface area (Å²) in [5.41, 5.74) is 1.15. The van der Waals surface area contributed by atoms with Crippen molar-refractivity contribution in [2.75, 3.05) is 5.32 Å². The molecule has 0 unspecified atom stereocenters. The van der Waals surface area contributed by atoms with E-state index in [1.165, 1.54) is 6.07 Å². The number of nitrogens with zero attached hydrogens (tertiary/aromatic N) is 2. The van der Waals surface area contributed by atoms with Crippen LogP contribution < -0.4 is 5.32 Å². The Morgan fingerprint density at radius 2 is 2.05 bits per heavy atom. The van der Waals surface area contributed by atoms with Crippen LogP contribution in [-0.4, -0.2) is 15.1 Å². The molecule has 0 bridgehead atoms. The van der Waals surface area contributed by atoms with Gasteiger partial charge >= 0.3 is 0 Å². The highest BCUT2D eigenvalue weighted by atomic mass is 35.5. The molecular weight excluding hydrogens is 280 g/mol. The Balaban J connectivity index is 2.05. The van der Waals surface area contributed by atoms with Crippen molar-refractivity contribution in [3.05, 3.63) is 57.6 Å². The number of anilines is 2. The highest BCUT2D eigenvalue weighted by Gasteiger charge is 2.16. The van der Waals surface area contributed by atoms with Gasteiger partial charge in [-0.05, 0) is 24.3 Å². The van der Waals surface area contributed by atoms with Crippen LogP contribution in [0.2, 0.25) is 5.02 Å². The van der Waals surface area contributed by atoms with Gasteiger partial charge in [-0.2, -0.15) is 5.10 Å². The van der Waals surface area contributed by atoms with Gasteiger partial charge in [-0.25, -0.2) is 0 Å². The zero-order chi connectivity index (χ0) is 14.1. The van der Waals surface area contributed by atoms with Crippen molar-refractivity contribution >= 4 is 39.7 Å². The minimum Gasteiger partial charge on any atom is -0.338 e. The molecule has 1 aromatic heterocycles. The van der Waals surface area contributed by atoms with Crippen molar-refractivity contribution in [2.45, 2.75) is 0 Å². The van der Waals surface area contributed by atoms with Gasteiger partial charge < -0.3 is 5.32 Å². The van der Waals surface area contributed by atoms with Crippen LogP contribution in [0.1, 0.15) is 0 Å². The number of aromatic nitrogens is 2. The molecule has 0 radical (unpaired) electrons. The molecule has 1 heterocycles. The van der Waals surface area contributed by atoms with Gasteiger partial charge in [0.2, 0.25) is 0 Å². The number of hydrogen-bond acceptors (Lipinski definition) is 4. The predicted octanol–water partition coefficient (Wildman–Crippen LogP) is 3.87. The summed E-state index contributed by atoms with van der Waals surface area (Å²) in [4.78, 5) is 10.5. The number of aromatic amines is 1. The summed E-state index contributed by atoms with van der Waals surface area (Å²) in [5, 5.41) is 22.0. The Morgan fingerprint density at radius 3 is 2.80 bits per heavy atom. The van der Waals surface area contributed by atoms with Crippen molar-refractivity contribution in [2.24, 2.45) is 0 Å². The Labute approximate surface area is 118 Å². The maximum Gasteiger partial charge on any atom is 0.294 e. The fraction of sp³-hybridized carbons (Fsp3) is 0. The van der Waals surface area contributed by atoms with Gasteiger partial charge in [0.15, 0.2) is 5.82 Å². The number of rotatable bonds is 3. The number of para-hydroxylation sites is 1. The maximum absolute atomic E-state index is 10.9. The molecule has 0 amide bonds. The summed E-state index contributed by atoms with van der Waals surface area (Å²) < 4.78 is 0. The van der Waals surface area contributed by atoms with E-state index in [-0.39, 0.29) is 5.69 Å². The number of non-ortho nitro benzene ring substituents is 1. The van der Waals surface area contributed by atoms with E-state index in [4.69, 9.17) is 11.6 Å². The van der Waals surface area contributed by atoms with Gasteiger partial charge in [-0.15, -0.1) is 0 Å². The van der Waals surface area contributed by atoms with Gasteiger partial charge in [0.1, 0.15) is 5.52 Å². The van der Waals surface area contributed by atoms with Gasteiger partial charge in [0.25, 0.3) is 5.69 Å². The highest BCUT2D eigenvalue weighted by molar-refractivity contribution is 6.30.